The van der Waals surface area contributed by atoms with E-state index in [1.165, 1.54) is 6.07 Å². The zero-order chi connectivity index (χ0) is 13.4. The maximum Gasteiger partial charge on any atom is 0.339 e. The zero-order valence-corrected chi connectivity index (χ0v) is 9.93. The van der Waals surface area contributed by atoms with E-state index in [2.05, 4.69) is 0 Å². The summed E-state index contributed by atoms with van der Waals surface area (Å²) in [6.07, 6.45) is 0.881. The summed E-state index contributed by atoms with van der Waals surface area (Å²) >= 11 is 0. The molecule has 0 amide bonds. The summed E-state index contributed by atoms with van der Waals surface area (Å²) in [5, 5.41) is 8.85. The molecule has 92 valence electrons. The van der Waals surface area contributed by atoms with Crippen molar-refractivity contribution in [2.24, 2.45) is 0 Å². The Balaban J connectivity index is 2.58. The predicted octanol–water partition coefficient (Wildman–Crippen LogP) is 1.14. The van der Waals surface area contributed by atoms with Crippen LogP contribution in [0.25, 0.3) is 0 Å². The molecule has 5 nitrogen and oxygen atoms in total. The number of allylic oxidation sites excluding steroid dienone is 1. The average Bonchev–Trinajstić information content (AvgIpc) is 2.32. The lowest BCUT2D eigenvalue weighted by molar-refractivity contribution is -0.132. The van der Waals surface area contributed by atoms with Crippen molar-refractivity contribution < 1.29 is 19.5 Å². The fraction of sp³-hybridized carbons (Fsp3) is 0.154. The van der Waals surface area contributed by atoms with Crippen molar-refractivity contribution >= 4 is 23.2 Å². The van der Waals surface area contributed by atoms with Gasteiger partial charge in [-0.15, -0.1) is 0 Å². The Labute approximate surface area is 103 Å². The van der Waals surface area contributed by atoms with Crippen molar-refractivity contribution in [3.8, 4) is 0 Å². The molecule has 0 aliphatic heterocycles. The Hall–Kier alpha value is -2.43. The van der Waals surface area contributed by atoms with E-state index in [-0.39, 0.29) is 11.1 Å². The molecule has 1 aliphatic rings. The monoisotopic (exact) mass is 245 g/mol. The lowest BCUT2D eigenvalue weighted by Crippen LogP contribution is -2.22. The molecule has 18 heavy (non-hydrogen) atoms. The summed E-state index contributed by atoms with van der Waals surface area (Å²) in [5.41, 5.74) is 0.689. The van der Waals surface area contributed by atoms with Gasteiger partial charge < -0.3 is 10.0 Å². The quantitative estimate of drug-likeness (QED) is 0.791. The van der Waals surface area contributed by atoms with Crippen LogP contribution in [0.2, 0.25) is 0 Å². The van der Waals surface area contributed by atoms with Crippen LogP contribution in [0.15, 0.2) is 29.8 Å². The van der Waals surface area contributed by atoms with Crippen LogP contribution in [0.3, 0.4) is 0 Å². The van der Waals surface area contributed by atoms with E-state index < -0.39 is 23.1 Å². The first-order chi connectivity index (χ1) is 8.41. The molecule has 0 saturated heterocycles. The average molecular weight is 245 g/mol. The number of carbonyl (C=O) groups excluding carboxylic acids is 2. The van der Waals surface area contributed by atoms with Crippen molar-refractivity contribution in [1.29, 1.82) is 0 Å². The number of carboxylic acids is 1. The minimum absolute atomic E-state index is 0.144. The van der Waals surface area contributed by atoms with Crippen LogP contribution in [-0.4, -0.2) is 36.7 Å². The molecule has 1 N–H and O–H groups in total. The fourth-order valence-electron chi connectivity index (χ4n) is 1.79. The molecule has 0 atom stereocenters. The number of benzene rings is 1. The molecule has 0 heterocycles. The minimum atomic E-state index is -1.38. The Morgan fingerprint density at radius 2 is 1.83 bits per heavy atom. The molecule has 0 unspecified atom stereocenters. The van der Waals surface area contributed by atoms with Crippen LogP contribution < -0.4 is 4.90 Å². The second-order valence-corrected chi connectivity index (χ2v) is 4.18. The van der Waals surface area contributed by atoms with Gasteiger partial charge in [0.15, 0.2) is 5.78 Å². The number of carbonyl (C=O) groups is 3. The predicted molar refractivity (Wildman–Crippen MR) is 65.1 cm³/mol. The van der Waals surface area contributed by atoms with E-state index in [0.29, 0.717) is 0 Å². The summed E-state index contributed by atoms with van der Waals surface area (Å²) in [4.78, 5) is 36.3. The number of anilines is 1. The highest BCUT2D eigenvalue weighted by atomic mass is 16.4. The number of nitrogens with zero attached hydrogens (tertiary/aromatic N) is 1. The van der Waals surface area contributed by atoms with Crippen LogP contribution in [0.1, 0.15) is 20.7 Å². The van der Waals surface area contributed by atoms with Crippen molar-refractivity contribution in [3.05, 3.63) is 41.0 Å². The number of hydrogen-bond acceptors (Lipinski definition) is 4. The maximum atomic E-state index is 11.9. The number of Topliss-reactive ketones (excluding diaryl/α,β-unsaturated/α-hetero) is 1. The van der Waals surface area contributed by atoms with Gasteiger partial charge in [0.05, 0.1) is 0 Å². The van der Waals surface area contributed by atoms with Crippen molar-refractivity contribution in [2.45, 2.75) is 0 Å². The minimum Gasteiger partial charge on any atom is -0.478 e. The molecule has 5 heteroatoms. The molecular weight excluding hydrogens is 234 g/mol. The van der Waals surface area contributed by atoms with Crippen LogP contribution in [0.5, 0.6) is 0 Å². The van der Waals surface area contributed by atoms with Gasteiger partial charge in [-0.2, -0.15) is 0 Å². The van der Waals surface area contributed by atoms with Crippen molar-refractivity contribution in [2.75, 3.05) is 19.0 Å². The van der Waals surface area contributed by atoms with Gasteiger partial charge in [-0.25, -0.2) is 4.79 Å². The van der Waals surface area contributed by atoms with Gasteiger partial charge in [0, 0.05) is 37.0 Å². The Morgan fingerprint density at radius 3 is 2.39 bits per heavy atom. The SMILES string of the molecule is CN(C)c1ccc2c(c1)C(=O)C=C(C(=O)O)C2=O. The summed E-state index contributed by atoms with van der Waals surface area (Å²) in [7, 11) is 3.63. The van der Waals surface area contributed by atoms with Gasteiger partial charge in [-0.05, 0) is 18.2 Å². The largest absolute Gasteiger partial charge is 0.478 e. The second kappa shape index (κ2) is 4.10. The fourth-order valence-corrected chi connectivity index (χ4v) is 1.79. The Morgan fingerprint density at radius 1 is 1.17 bits per heavy atom. The lowest BCUT2D eigenvalue weighted by Gasteiger charge is -2.17. The number of hydrogen-bond donors (Lipinski definition) is 1. The van der Waals surface area contributed by atoms with Gasteiger partial charge in [0.1, 0.15) is 5.57 Å². The number of rotatable bonds is 2. The normalized spacial score (nSPS) is 14.0. The number of fused-ring (bicyclic) bond motifs is 1. The first kappa shape index (κ1) is 12.0. The van der Waals surface area contributed by atoms with Gasteiger partial charge in [-0.3, -0.25) is 9.59 Å². The first-order valence-electron chi connectivity index (χ1n) is 5.27. The van der Waals surface area contributed by atoms with Crippen LogP contribution >= 0.6 is 0 Å². The molecule has 0 bridgehead atoms. The van der Waals surface area contributed by atoms with E-state index in [0.717, 1.165) is 11.8 Å². The molecule has 1 aliphatic carbocycles. The third kappa shape index (κ3) is 1.79. The molecular formula is C13H11NO4. The molecule has 0 spiro atoms. The van der Waals surface area contributed by atoms with E-state index in [4.69, 9.17) is 5.11 Å². The van der Waals surface area contributed by atoms with Gasteiger partial charge in [-0.1, -0.05) is 0 Å². The third-order valence-electron chi connectivity index (χ3n) is 2.78. The highest BCUT2D eigenvalue weighted by molar-refractivity contribution is 6.33. The highest BCUT2D eigenvalue weighted by Crippen LogP contribution is 2.25. The number of aliphatic carboxylic acids is 1. The molecule has 1 aromatic carbocycles. The second-order valence-electron chi connectivity index (χ2n) is 4.18. The van der Waals surface area contributed by atoms with Gasteiger partial charge >= 0.3 is 5.97 Å². The van der Waals surface area contributed by atoms with Gasteiger partial charge in [0.25, 0.3) is 0 Å². The Bertz CT molecular complexity index is 599. The van der Waals surface area contributed by atoms with Crippen LogP contribution in [-0.2, 0) is 4.79 Å². The standard InChI is InChI=1S/C13H11NO4/c1-14(2)7-3-4-8-9(5-7)11(15)6-10(12(8)16)13(17)18/h3-6H,1-2H3,(H,17,18). The van der Waals surface area contributed by atoms with E-state index in [1.54, 1.807) is 17.0 Å². The lowest BCUT2D eigenvalue weighted by atomic mass is 9.89. The van der Waals surface area contributed by atoms with E-state index >= 15 is 0 Å². The number of carboxylic acid groups (broad SMARTS) is 1. The highest BCUT2D eigenvalue weighted by Gasteiger charge is 2.29. The first-order valence-corrected chi connectivity index (χ1v) is 5.27. The summed E-state index contributed by atoms with van der Waals surface area (Å²) in [6.45, 7) is 0. The summed E-state index contributed by atoms with van der Waals surface area (Å²) in [5.74, 6) is -2.45. The smallest absolute Gasteiger partial charge is 0.339 e. The third-order valence-corrected chi connectivity index (χ3v) is 2.78. The zero-order valence-electron chi connectivity index (χ0n) is 9.93. The molecule has 1 aromatic rings. The molecule has 0 saturated carbocycles. The molecule has 0 radical (unpaired) electrons. The van der Waals surface area contributed by atoms with E-state index in [9.17, 15) is 14.4 Å². The topological polar surface area (TPSA) is 74.7 Å². The van der Waals surface area contributed by atoms with Crippen LogP contribution in [0, 0.1) is 0 Å². The van der Waals surface area contributed by atoms with Gasteiger partial charge in [0.2, 0.25) is 5.78 Å². The summed E-state index contributed by atoms with van der Waals surface area (Å²) < 4.78 is 0. The molecule has 2 rings (SSSR count). The Kier molecular flexibility index (Phi) is 2.74. The summed E-state index contributed by atoms with van der Waals surface area (Å²) in [6, 6.07) is 4.75. The van der Waals surface area contributed by atoms with E-state index in [1.807, 2.05) is 14.1 Å². The molecule has 0 fully saturated rings. The van der Waals surface area contributed by atoms with Crippen molar-refractivity contribution in [3.63, 3.8) is 0 Å². The van der Waals surface area contributed by atoms with Crippen LogP contribution in [0.4, 0.5) is 5.69 Å². The number of ketones is 2. The van der Waals surface area contributed by atoms with Crippen molar-refractivity contribution in [1.82, 2.24) is 0 Å². The molecule has 0 aromatic heterocycles. The maximum absolute atomic E-state index is 11.9.